The molecule has 0 amide bonds. The van der Waals surface area contributed by atoms with Gasteiger partial charge in [-0.1, -0.05) is 12.1 Å². The van der Waals surface area contributed by atoms with Crippen LogP contribution in [-0.4, -0.2) is 38.9 Å². The molecule has 0 unspecified atom stereocenters. The summed E-state index contributed by atoms with van der Waals surface area (Å²) in [6.07, 6.45) is 1.72. The van der Waals surface area contributed by atoms with Gasteiger partial charge in [-0.3, -0.25) is 0 Å². The number of benzene rings is 1. The SMILES string of the molecule is CN(C1CCNCC1)S(=O)(=O)c1ccccc1Br. The summed E-state index contributed by atoms with van der Waals surface area (Å²) < 4.78 is 27.2. The van der Waals surface area contributed by atoms with E-state index in [1.165, 1.54) is 4.31 Å². The van der Waals surface area contributed by atoms with Crippen LogP contribution >= 0.6 is 15.9 Å². The summed E-state index contributed by atoms with van der Waals surface area (Å²) in [6.45, 7) is 1.75. The lowest BCUT2D eigenvalue weighted by atomic mass is 10.1. The van der Waals surface area contributed by atoms with Crippen LogP contribution in [0.3, 0.4) is 0 Å². The largest absolute Gasteiger partial charge is 0.317 e. The molecule has 6 heteroatoms. The van der Waals surface area contributed by atoms with E-state index in [1.54, 1.807) is 25.2 Å². The molecular formula is C12H17BrN2O2S. The molecule has 0 aliphatic carbocycles. The molecule has 0 atom stereocenters. The summed E-state index contributed by atoms with van der Waals surface area (Å²) in [7, 11) is -1.74. The zero-order chi connectivity index (χ0) is 13.2. The highest BCUT2D eigenvalue weighted by Crippen LogP contribution is 2.26. The number of halogens is 1. The number of sulfonamides is 1. The van der Waals surface area contributed by atoms with E-state index in [0.717, 1.165) is 25.9 Å². The average molecular weight is 333 g/mol. The van der Waals surface area contributed by atoms with Crippen LogP contribution in [0.1, 0.15) is 12.8 Å². The van der Waals surface area contributed by atoms with Crippen LogP contribution < -0.4 is 5.32 Å². The Kier molecular flexibility index (Phi) is 4.42. The van der Waals surface area contributed by atoms with Crippen LogP contribution in [0.25, 0.3) is 0 Å². The number of rotatable bonds is 3. The Balaban J connectivity index is 2.28. The fourth-order valence-corrected chi connectivity index (χ4v) is 4.55. The van der Waals surface area contributed by atoms with Crippen LogP contribution in [0, 0.1) is 0 Å². The van der Waals surface area contributed by atoms with Gasteiger partial charge in [0.15, 0.2) is 0 Å². The topological polar surface area (TPSA) is 49.4 Å². The second-order valence-electron chi connectivity index (χ2n) is 4.43. The molecular weight excluding hydrogens is 316 g/mol. The van der Waals surface area contributed by atoms with Crippen molar-refractivity contribution in [2.75, 3.05) is 20.1 Å². The predicted octanol–water partition coefficient (Wildman–Crippen LogP) is 1.82. The smallest absolute Gasteiger partial charge is 0.244 e. The minimum absolute atomic E-state index is 0.0864. The van der Waals surface area contributed by atoms with E-state index in [2.05, 4.69) is 21.2 Å². The fraction of sp³-hybridized carbons (Fsp3) is 0.500. The molecule has 1 aromatic rings. The molecule has 0 radical (unpaired) electrons. The number of piperidine rings is 1. The Bertz CT molecular complexity index is 513. The van der Waals surface area contributed by atoms with Gasteiger partial charge in [0.05, 0.1) is 4.90 Å². The molecule has 1 aliphatic rings. The van der Waals surface area contributed by atoms with E-state index in [0.29, 0.717) is 9.37 Å². The third-order valence-corrected chi connectivity index (χ3v) is 6.24. The molecule has 1 aliphatic heterocycles. The van der Waals surface area contributed by atoms with Gasteiger partial charge in [0.1, 0.15) is 0 Å². The Morgan fingerprint density at radius 1 is 1.28 bits per heavy atom. The number of nitrogens with one attached hydrogen (secondary N) is 1. The maximum atomic E-state index is 12.5. The molecule has 1 saturated heterocycles. The van der Waals surface area contributed by atoms with Gasteiger partial charge in [-0.25, -0.2) is 8.42 Å². The molecule has 0 bridgehead atoms. The zero-order valence-electron chi connectivity index (χ0n) is 10.3. The number of nitrogens with zero attached hydrogens (tertiary/aromatic N) is 1. The first-order chi connectivity index (χ1) is 8.53. The lowest BCUT2D eigenvalue weighted by Crippen LogP contribution is -2.43. The molecule has 1 fully saturated rings. The van der Waals surface area contributed by atoms with Gasteiger partial charge in [0, 0.05) is 17.6 Å². The minimum Gasteiger partial charge on any atom is -0.317 e. The van der Waals surface area contributed by atoms with Gasteiger partial charge < -0.3 is 5.32 Å². The van der Waals surface area contributed by atoms with Crippen LogP contribution in [0.15, 0.2) is 33.6 Å². The molecule has 1 aromatic carbocycles. The summed E-state index contributed by atoms with van der Waals surface area (Å²) >= 11 is 3.31. The fourth-order valence-electron chi connectivity index (χ4n) is 2.18. The third kappa shape index (κ3) is 2.77. The van der Waals surface area contributed by atoms with Crippen molar-refractivity contribution in [2.24, 2.45) is 0 Å². The molecule has 2 rings (SSSR count). The molecule has 0 spiro atoms. The first-order valence-corrected chi connectivity index (χ1v) is 8.20. The van der Waals surface area contributed by atoms with E-state index >= 15 is 0 Å². The first-order valence-electron chi connectivity index (χ1n) is 5.97. The van der Waals surface area contributed by atoms with E-state index in [4.69, 9.17) is 0 Å². The van der Waals surface area contributed by atoms with Crippen LogP contribution in [0.5, 0.6) is 0 Å². The average Bonchev–Trinajstić information content (AvgIpc) is 2.39. The van der Waals surface area contributed by atoms with Crippen molar-refractivity contribution < 1.29 is 8.42 Å². The monoisotopic (exact) mass is 332 g/mol. The molecule has 1 heterocycles. The second kappa shape index (κ2) is 5.69. The molecule has 18 heavy (non-hydrogen) atoms. The van der Waals surface area contributed by atoms with Crippen molar-refractivity contribution in [1.29, 1.82) is 0 Å². The lowest BCUT2D eigenvalue weighted by molar-refractivity contribution is 0.296. The van der Waals surface area contributed by atoms with Crippen molar-refractivity contribution in [3.05, 3.63) is 28.7 Å². The molecule has 0 aromatic heterocycles. The Morgan fingerprint density at radius 3 is 2.50 bits per heavy atom. The van der Waals surface area contributed by atoms with Crippen molar-refractivity contribution in [1.82, 2.24) is 9.62 Å². The van der Waals surface area contributed by atoms with E-state index in [-0.39, 0.29) is 6.04 Å². The van der Waals surface area contributed by atoms with Crippen molar-refractivity contribution in [3.63, 3.8) is 0 Å². The Morgan fingerprint density at radius 2 is 1.89 bits per heavy atom. The summed E-state index contributed by atoms with van der Waals surface area (Å²) in [6, 6.07) is 7.03. The van der Waals surface area contributed by atoms with E-state index in [1.807, 2.05) is 6.07 Å². The number of hydrogen-bond donors (Lipinski definition) is 1. The zero-order valence-corrected chi connectivity index (χ0v) is 12.7. The predicted molar refractivity (Wildman–Crippen MR) is 75.0 cm³/mol. The summed E-state index contributed by atoms with van der Waals surface area (Å²) in [5, 5.41) is 3.24. The first kappa shape index (κ1) is 14.0. The summed E-state index contributed by atoms with van der Waals surface area (Å²) in [5.74, 6) is 0. The Hall–Kier alpha value is -0.430. The van der Waals surface area contributed by atoms with Gasteiger partial charge in [0.25, 0.3) is 0 Å². The highest BCUT2D eigenvalue weighted by atomic mass is 79.9. The highest BCUT2D eigenvalue weighted by Gasteiger charge is 2.29. The normalized spacial score (nSPS) is 18.2. The molecule has 100 valence electrons. The number of hydrogen-bond acceptors (Lipinski definition) is 3. The van der Waals surface area contributed by atoms with Gasteiger partial charge in [-0.05, 0) is 54.0 Å². The van der Waals surface area contributed by atoms with Gasteiger partial charge >= 0.3 is 0 Å². The van der Waals surface area contributed by atoms with Crippen molar-refractivity contribution in [3.8, 4) is 0 Å². The van der Waals surface area contributed by atoms with Gasteiger partial charge in [-0.2, -0.15) is 4.31 Å². The molecule has 4 nitrogen and oxygen atoms in total. The standard InChI is InChI=1S/C12H17BrN2O2S/c1-15(10-6-8-14-9-7-10)18(16,17)12-5-3-2-4-11(12)13/h2-5,10,14H,6-9H2,1H3. The summed E-state index contributed by atoms with van der Waals surface area (Å²) in [4.78, 5) is 0.339. The molecule has 0 saturated carbocycles. The summed E-state index contributed by atoms with van der Waals surface area (Å²) in [5.41, 5.74) is 0. The Labute approximate surface area is 117 Å². The van der Waals surface area contributed by atoms with Crippen LogP contribution in [0.2, 0.25) is 0 Å². The lowest BCUT2D eigenvalue weighted by Gasteiger charge is -2.31. The van der Waals surface area contributed by atoms with Crippen LogP contribution in [0.4, 0.5) is 0 Å². The third-order valence-electron chi connectivity index (χ3n) is 3.32. The highest BCUT2D eigenvalue weighted by molar-refractivity contribution is 9.10. The van der Waals surface area contributed by atoms with Crippen molar-refractivity contribution in [2.45, 2.75) is 23.8 Å². The van der Waals surface area contributed by atoms with Gasteiger partial charge in [-0.15, -0.1) is 0 Å². The minimum atomic E-state index is -3.41. The second-order valence-corrected chi connectivity index (χ2v) is 7.25. The van der Waals surface area contributed by atoms with Crippen LogP contribution in [-0.2, 0) is 10.0 Å². The maximum Gasteiger partial charge on any atom is 0.244 e. The van der Waals surface area contributed by atoms with E-state index < -0.39 is 10.0 Å². The van der Waals surface area contributed by atoms with Crippen molar-refractivity contribution >= 4 is 26.0 Å². The van der Waals surface area contributed by atoms with Gasteiger partial charge in [0.2, 0.25) is 10.0 Å². The van der Waals surface area contributed by atoms with E-state index in [9.17, 15) is 8.42 Å². The quantitative estimate of drug-likeness (QED) is 0.918. The molecule has 1 N–H and O–H groups in total. The maximum absolute atomic E-state index is 12.5.